The van der Waals surface area contributed by atoms with Gasteiger partial charge in [-0.25, -0.2) is 0 Å². The van der Waals surface area contributed by atoms with E-state index in [4.69, 9.17) is 34.6 Å². The number of amides is 2. The van der Waals surface area contributed by atoms with Crippen LogP contribution in [0, 0.1) is 6.92 Å². The third kappa shape index (κ3) is 7.02. The summed E-state index contributed by atoms with van der Waals surface area (Å²) in [5.74, 6) is -2.96. The molecule has 0 radical (unpaired) electrons. The SMILES string of the molecule is Cc1ccc(N(c2ccc(/C=C3/SC(=S)N(CC(=O)O)C3=O)cc2)c2ccc(CC3SC(=S)N(CC(=O)O)C3=O)cc2)cc1. The number of thioether (sulfide) groups is 2. The second-order valence-corrected chi connectivity index (χ2v) is 13.5. The normalized spacial score (nSPS) is 17.6. The quantitative estimate of drug-likeness (QED) is 0.208. The summed E-state index contributed by atoms with van der Waals surface area (Å²) in [6.07, 6.45) is 2.11. The van der Waals surface area contributed by atoms with Crippen molar-refractivity contribution in [1.29, 1.82) is 0 Å². The Morgan fingerprint density at radius 1 is 0.818 bits per heavy atom. The molecule has 0 saturated carbocycles. The number of carboxylic acids is 2. The van der Waals surface area contributed by atoms with Crippen LogP contribution in [0.25, 0.3) is 6.08 Å². The molecule has 0 aliphatic carbocycles. The number of anilines is 3. The predicted octanol–water partition coefficient (Wildman–Crippen LogP) is 5.61. The fourth-order valence-electron chi connectivity index (χ4n) is 4.68. The molecule has 1 atom stereocenters. The molecule has 5 rings (SSSR count). The summed E-state index contributed by atoms with van der Waals surface area (Å²) in [6, 6.07) is 23.6. The lowest BCUT2D eigenvalue weighted by atomic mass is 10.1. The number of aliphatic carboxylic acids is 2. The maximum Gasteiger partial charge on any atom is 0.323 e. The molecule has 2 aliphatic heterocycles. The van der Waals surface area contributed by atoms with Gasteiger partial charge in [0.15, 0.2) is 0 Å². The maximum absolute atomic E-state index is 12.7. The van der Waals surface area contributed by atoms with Crippen LogP contribution in [-0.2, 0) is 25.6 Å². The van der Waals surface area contributed by atoms with Gasteiger partial charge in [0.25, 0.3) is 5.91 Å². The Morgan fingerprint density at radius 2 is 1.34 bits per heavy atom. The molecule has 0 bridgehead atoms. The standard InChI is InChI=1S/C31H25N3O6S4/c1-18-2-8-21(9-3-18)34(22-10-4-19(5-11-22)14-24-28(39)32(16-26(35)36)30(41)43-24)23-12-6-20(7-13-23)15-25-29(40)33(17-27(37)38)31(42)44-25/h2-14,25H,15-17H2,1H3,(H,35,36)(H,37,38)/b24-14+. The third-order valence-corrected chi connectivity index (χ3v) is 9.78. The summed E-state index contributed by atoms with van der Waals surface area (Å²) in [5, 5.41) is 17.7. The van der Waals surface area contributed by atoms with Crippen LogP contribution in [-0.4, -0.2) is 70.7 Å². The largest absolute Gasteiger partial charge is 0.480 e. The zero-order valence-electron chi connectivity index (χ0n) is 23.2. The van der Waals surface area contributed by atoms with E-state index >= 15 is 0 Å². The van der Waals surface area contributed by atoms with Gasteiger partial charge in [0, 0.05) is 17.1 Å². The fourth-order valence-corrected chi connectivity index (χ4v) is 7.47. The Balaban J connectivity index is 1.38. The number of hydrogen-bond donors (Lipinski definition) is 2. The summed E-state index contributed by atoms with van der Waals surface area (Å²) in [6.45, 7) is 1.10. The second-order valence-electron chi connectivity index (χ2n) is 9.99. The average molecular weight is 664 g/mol. The number of hydrogen-bond acceptors (Lipinski definition) is 9. The lowest BCUT2D eigenvalue weighted by molar-refractivity contribution is -0.141. The Kier molecular flexibility index (Phi) is 9.49. The van der Waals surface area contributed by atoms with Crippen LogP contribution < -0.4 is 4.90 Å². The van der Waals surface area contributed by atoms with Gasteiger partial charge in [0.1, 0.15) is 21.7 Å². The Bertz CT molecular complexity index is 1690. The van der Waals surface area contributed by atoms with Crippen molar-refractivity contribution in [2.24, 2.45) is 0 Å². The maximum atomic E-state index is 12.7. The molecule has 2 N–H and O–H groups in total. The van der Waals surface area contributed by atoms with E-state index in [1.54, 1.807) is 6.08 Å². The number of carbonyl (C=O) groups is 4. The Morgan fingerprint density at radius 3 is 1.91 bits per heavy atom. The molecule has 3 aromatic rings. The highest BCUT2D eigenvalue weighted by Gasteiger charge is 2.38. The minimum atomic E-state index is -1.13. The minimum absolute atomic E-state index is 0.213. The minimum Gasteiger partial charge on any atom is -0.480 e. The highest BCUT2D eigenvalue weighted by molar-refractivity contribution is 8.26. The molecule has 2 heterocycles. The van der Waals surface area contributed by atoms with Gasteiger partial charge >= 0.3 is 11.9 Å². The molecular formula is C31H25N3O6S4. The van der Waals surface area contributed by atoms with Gasteiger partial charge < -0.3 is 15.1 Å². The van der Waals surface area contributed by atoms with Crippen LogP contribution in [0.1, 0.15) is 16.7 Å². The number of nitrogens with zero attached hydrogens (tertiary/aromatic N) is 3. The van der Waals surface area contributed by atoms with E-state index in [0.717, 1.165) is 55.3 Å². The zero-order valence-corrected chi connectivity index (χ0v) is 26.5. The summed E-state index contributed by atoms with van der Waals surface area (Å²) in [4.78, 5) is 52.3. The molecule has 2 fully saturated rings. The first-order chi connectivity index (χ1) is 21.0. The molecule has 2 aliphatic rings. The fraction of sp³-hybridized carbons (Fsp3) is 0.161. The molecule has 0 spiro atoms. The monoisotopic (exact) mass is 663 g/mol. The smallest absolute Gasteiger partial charge is 0.323 e. The molecule has 9 nitrogen and oxygen atoms in total. The first-order valence-corrected chi connectivity index (χ1v) is 15.8. The number of carboxylic acid groups (broad SMARTS) is 2. The van der Waals surface area contributed by atoms with E-state index in [-0.39, 0.29) is 14.5 Å². The van der Waals surface area contributed by atoms with Crippen LogP contribution in [0.2, 0.25) is 0 Å². The van der Waals surface area contributed by atoms with Crippen LogP contribution >= 0.6 is 48.0 Å². The average Bonchev–Trinajstić information content (AvgIpc) is 3.39. The van der Waals surface area contributed by atoms with Crippen LogP contribution in [0.5, 0.6) is 0 Å². The topological polar surface area (TPSA) is 118 Å². The van der Waals surface area contributed by atoms with Crippen molar-refractivity contribution in [1.82, 2.24) is 9.80 Å². The molecule has 2 saturated heterocycles. The van der Waals surface area contributed by atoms with Crippen LogP contribution in [0.4, 0.5) is 17.1 Å². The van der Waals surface area contributed by atoms with Gasteiger partial charge in [0.05, 0.1) is 10.2 Å². The third-order valence-electron chi connectivity index (χ3n) is 6.82. The molecule has 13 heteroatoms. The highest BCUT2D eigenvalue weighted by Crippen LogP contribution is 2.37. The van der Waals surface area contributed by atoms with E-state index in [0.29, 0.717) is 11.3 Å². The van der Waals surface area contributed by atoms with Crippen molar-refractivity contribution < 1.29 is 29.4 Å². The van der Waals surface area contributed by atoms with E-state index in [1.807, 2.05) is 79.7 Å². The highest BCUT2D eigenvalue weighted by atomic mass is 32.2. The number of thiocarbonyl (C=S) groups is 2. The van der Waals surface area contributed by atoms with Crippen LogP contribution in [0.3, 0.4) is 0 Å². The van der Waals surface area contributed by atoms with E-state index < -0.39 is 36.2 Å². The van der Waals surface area contributed by atoms with Crippen molar-refractivity contribution in [3.63, 3.8) is 0 Å². The van der Waals surface area contributed by atoms with Crippen molar-refractivity contribution in [2.45, 2.75) is 18.6 Å². The summed E-state index contributed by atoms with van der Waals surface area (Å²) in [7, 11) is 0. The van der Waals surface area contributed by atoms with Crippen molar-refractivity contribution in [3.8, 4) is 0 Å². The molecule has 1 unspecified atom stereocenters. The van der Waals surface area contributed by atoms with E-state index in [9.17, 15) is 19.2 Å². The number of carbonyl (C=O) groups excluding carboxylic acids is 2. The van der Waals surface area contributed by atoms with E-state index in [2.05, 4.69) is 4.90 Å². The summed E-state index contributed by atoms with van der Waals surface area (Å²) in [5.41, 5.74) is 5.48. The first kappa shape index (κ1) is 31.4. The molecule has 2 amide bonds. The lowest BCUT2D eigenvalue weighted by Crippen LogP contribution is -2.36. The Hall–Kier alpha value is -4.04. The molecule has 0 aromatic heterocycles. The predicted molar refractivity (Wildman–Crippen MR) is 180 cm³/mol. The van der Waals surface area contributed by atoms with Crippen molar-refractivity contribution >= 4 is 103 Å². The van der Waals surface area contributed by atoms with Crippen molar-refractivity contribution in [2.75, 3.05) is 18.0 Å². The lowest BCUT2D eigenvalue weighted by Gasteiger charge is -2.26. The van der Waals surface area contributed by atoms with Gasteiger partial charge in [-0.2, -0.15) is 0 Å². The molecule has 3 aromatic carbocycles. The molecule has 224 valence electrons. The second kappa shape index (κ2) is 13.3. The van der Waals surface area contributed by atoms with Gasteiger partial charge in [-0.15, -0.1) is 0 Å². The van der Waals surface area contributed by atoms with Crippen LogP contribution in [0.15, 0.2) is 77.7 Å². The number of benzene rings is 3. The van der Waals surface area contributed by atoms with Gasteiger partial charge in [-0.1, -0.05) is 89.9 Å². The number of rotatable bonds is 10. The summed E-state index contributed by atoms with van der Waals surface area (Å²) >= 11 is 12.7. The molecular weight excluding hydrogens is 639 g/mol. The van der Waals surface area contributed by atoms with E-state index in [1.165, 1.54) is 11.8 Å². The summed E-state index contributed by atoms with van der Waals surface area (Å²) < 4.78 is 0.491. The zero-order chi connectivity index (χ0) is 31.5. The van der Waals surface area contributed by atoms with Gasteiger partial charge in [-0.05, 0) is 66.9 Å². The first-order valence-electron chi connectivity index (χ1n) is 13.3. The van der Waals surface area contributed by atoms with Gasteiger partial charge in [-0.3, -0.25) is 29.0 Å². The van der Waals surface area contributed by atoms with Gasteiger partial charge in [0.2, 0.25) is 5.91 Å². The number of aryl methyl sites for hydroxylation is 1. The molecule has 44 heavy (non-hydrogen) atoms. The Labute approximate surface area is 272 Å². The van der Waals surface area contributed by atoms with Crippen molar-refractivity contribution in [3.05, 3.63) is 94.4 Å².